The molecule has 0 bridgehead atoms. The van der Waals surface area contributed by atoms with Crippen LogP contribution in [0.4, 0.5) is 0 Å². The lowest BCUT2D eigenvalue weighted by Crippen LogP contribution is -2.04. The number of aromatic nitrogens is 2. The summed E-state index contributed by atoms with van der Waals surface area (Å²) >= 11 is 0. The van der Waals surface area contributed by atoms with E-state index in [1.54, 1.807) is 0 Å². The van der Waals surface area contributed by atoms with Gasteiger partial charge in [-0.2, -0.15) is 4.98 Å². The van der Waals surface area contributed by atoms with Crippen molar-refractivity contribution in [3.05, 3.63) is 41.5 Å². The summed E-state index contributed by atoms with van der Waals surface area (Å²) in [5.41, 5.74) is 6.55. The molecule has 0 amide bonds. The van der Waals surface area contributed by atoms with Crippen LogP contribution in [0.1, 0.15) is 17.3 Å². The minimum atomic E-state index is 0.279. The molecule has 0 spiro atoms. The molecular formula is C12H15N3O2. The van der Waals surface area contributed by atoms with Gasteiger partial charge in [0.05, 0.1) is 0 Å². The van der Waals surface area contributed by atoms with E-state index in [1.165, 1.54) is 0 Å². The molecule has 1 heterocycles. The molecule has 5 nitrogen and oxygen atoms in total. The summed E-state index contributed by atoms with van der Waals surface area (Å²) in [6.07, 6.45) is 0.619. The molecule has 0 atom stereocenters. The van der Waals surface area contributed by atoms with Crippen molar-refractivity contribution in [3.8, 4) is 5.75 Å². The van der Waals surface area contributed by atoms with Gasteiger partial charge in [0.15, 0.2) is 12.4 Å². The van der Waals surface area contributed by atoms with Crippen LogP contribution in [-0.4, -0.2) is 16.7 Å². The van der Waals surface area contributed by atoms with E-state index < -0.39 is 0 Å². The third-order valence-electron chi connectivity index (χ3n) is 2.23. The molecule has 2 rings (SSSR count). The van der Waals surface area contributed by atoms with E-state index in [4.69, 9.17) is 15.0 Å². The van der Waals surface area contributed by atoms with E-state index in [9.17, 15) is 0 Å². The minimum absolute atomic E-state index is 0.279. The summed E-state index contributed by atoms with van der Waals surface area (Å²) in [6, 6.07) is 7.80. The van der Waals surface area contributed by atoms with Gasteiger partial charge in [0.2, 0.25) is 0 Å². The van der Waals surface area contributed by atoms with E-state index in [-0.39, 0.29) is 6.61 Å². The second kappa shape index (κ2) is 5.45. The molecule has 0 aliphatic rings. The van der Waals surface area contributed by atoms with Crippen molar-refractivity contribution >= 4 is 0 Å². The average Bonchev–Trinajstić information content (AvgIpc) is 2.75. The maximum Gasteiger partial charge on any atom is 0.264 e. The zero-order valence-corrected chi connectivity index (χ0v) is 9.72. The molecule has 0 fully saturated rings. The van der Waals surface area contributed by atoms with Crippen LogP contribution in [0.2, 0.25) is 0 Å². The van der Waals surface area contributed by atoms with Gasteiger partial charge in [-0.15, -0.1) is 0 Å². The fraction of sp³-hybridized carbons (Fsp3) is 0.333. The summed E-state index contributed by atoms with van der Waals surface area (Å²) < 4.78 is 10.6. The molecule has 5 heteroatoms. The summed E-state index contributed by atoms with van der Waals surface area (Å²) in [7, 11) is 0. The van der Waals surface area contributed by atoms with Gasteiger partial charge in [0.1, 0.15) is 5.75 Å². The van der Waals surface area contributed by atoms with Crippen LogP contribution in [0.3, 0.4) is 0 Å². The van der Waals surface area contributed by atoms with Gasteiger partial charge in [-0.25, -0.2) is 0 Å². The summed E-state index contributed by atoms with van der Waals surface area (Å²) in [5.74, 6) is 1.88. The van der Waals surface area contributed by atoms with Crippen molar-refractivity contribution < 1.29 is 9.26 Å². The quantitative estimate of drug-likeness (QED) is 0.846. The van der Waals surface area contributed by atoms with Gasteiger partial charge in [-0.1, -0.05) is 17.3 Å². The Bertz CT molecular complexity index is 482. The first-order valence-corrected chi connectivity index (χ1v) is 5.49. The van der Waals surface area contributed by atoms with E-state index in [0.717, 1.165) is 11.3 Å². The van der Waals surface area contributed by atoms with Crippen LogP contribution in [0, 0.1) is 6.92 Å². The predicted molar refractivity (Wildman–Crippen MR) is 62.6 cm³/mol. The maximum absolute atomic E-state index is 5.54. The Hall–Kier alpha value is -1.88. The predicted octanol–water partition coefficient (Wildman–Crippen LogP) is 1.46. The monoisotopic (exact) mass is 233 g/mol. The van der Waals surface area contributed by atoms with E-state index in [2.05, 4.69) is 10.1 Å². The molecule has 0 saturated carbocycles. The molecular weight excluding hydrogens is 218 g/mol. The molecule has 2 aromatic rings. The van der Waals surface area contributed by atoms with Gasteiger partial charge in [0, 0.05) is 6.42 Å². The van der Waals surface area contributed by atoms with Crippen molar-refractivity contribution in [2.24, 2.45) is 5.73 Å². The van der Waals surface area contributed by atoms with Gasteiger partial charge in [0.25, 0.3) is 5.89 Å². The minimum Gasteiger partial charge on any atom is -0.484 e. The summed E-state index contributed by atoms with van der Waals surface area (Å²) in [6.45, 7) is 2.80. The largest absolute Gasteiger partial charge is 0.484 e. The Kier molecular flexibility index (Phi) is 3.72. The summed E-state index contributed by atoms with van der Waals surface area (Å²) in [5, 5.41) is 3.79. The highest BCUT2D eigenvalue weighted by Gasteiger charge is 2.06. The van der Waals surface area contributed by atoms with Gasteiger partial charge >= 0.3 is 0 Å². The van der Waals surface area contributed by atoms with Crippen molar-refractivity contribution in [1.29, 1.82) is 0 Å². The Morgan fingerprint density at radius 1 is 1.41 bits per heavy atom. The van der Waals surface area contributed by atoms with Crippen molar-refractivity contribution in [2.45, 2.75) is 20.0 Å². The van der Waals surface area contributed by atoms with Gasteiger partial charge < -0.3 is 15.0 Å². The van der Waals surface area contributed by atoms with Gasteiger partial charge in [-0.3, -0.25) is 0 Å². The highest BCUT2D eigenvalue weighted by molar-refractivity contribution is 5.27. The zero-order valence-electron chi connectivity index (χ0n) is 9.72. The molecule has 1 aromatic carbocycles. The first-order valence-electron chi connectivity index (χ1n) is 5.49. The van der Waals surface area contributed by atoms with Crippen molar-refractivity contribution in [2.75, 3.05) is 6.54 Å². The molecule has 0 saturated heterocycles. The topological polar surface area (TPSA) is 74.2 Å². The number of benzene rings is 1. The fourth-order valence-corrected chi connectivity index (χ4v) is 1.43. The lowest BCUT2D eigenvalue weighted by atomic mass is 10.2. The molecule has 1 aromatic heterocycles. The standard InChI is InChI=1S/C12H15N3O2/c1-9-3-2-4-10(7-9)16-8-12-14-11(5-6-13)15-17-12/h2-4,7H,5-6,8,13H2,1H3. The van der Waals surface area contributed by atoms with E-state index in [1.807, 2.05) is 31.2 Å². The van der Waals surface area contributed by atoms with E-state index in [0.29, 0.717) is 24.7 Å². The molecule has 17 heavy (non-hydrogen) atoms. The van der Waals surface area contributed by atoms with Crippen molar-refractivity contribution in [1.82, 2.24) is 10.1 Å². The number of ether oxygens (including phenoxy) is 1. The highest BCUT2D eigenvalue weighted by atomic mass is 16.5. The fourth-order valence-electron chi connectivity index (χ4n) is 1.43. The average molecular weight is 233 g/mol. The number of nitrogens with two attached hydrogens (primary N) is 1. The number of hydrogen-bond donors (Lipinski definition) is 1. The van der Waals surface area contributed by atoms with Crippen molar-refractivity contribution in [3.63, 3.8) is 0 Å². The SMILES string of the molecule is Cc1cccc(OCc2nc(CCN)no2)c1. The zero-order chi connectivity index (χ0) is 12.1. The van der Waals surface area contributed by atoms with Gasteiger partial charge in [-0.05, 0) is 31.2 Å². The lowest BCUT2D eigenvalue weighted by Gasteiger charge is -2.03. The van der Waals surface area contributed by atoms with Crippen LogP contribution in [0.5, 0.6) is 5.75 Å². The van der Waals surface area contributed by atoms with Crippen LogP contribution in [-0.2, 0) is 13.0 Å². The van der Waals surface area contributed by atoms with Crippen LogP contribution in [0.25, 0.3) is 0 Å². The normalized spacial score (nSPS) is 10.5. The third kappa shape index (κ3) is 3.29. The smallest absolute Gasteiger partial charge is 0.264 e. The van der Waals surface area contributed by atoms with Crippen LogP contribution < -0.4 is 10.5 Å². The molecule has 90 valence electrons. The maximum atomic E-state index is 5.54. The Balaban J connectivity index is 1.93. The van der Waals surface area contributed by atoms with E-state index >= 15 is 0 Å². The Labute approximate surface area is 99.6 Å². The summed E-state index contributed by atoms with van der Waals surface area (Å²) in [4.78, 5) is 4.15. The van der Waals surface area contributed by atoms with Crippen LogP contribution in [0.15, 0.2) is 28.8 Å². The second-order valence-electron chi connectivity index (χ2n) is 3.75. The highest BCUT2D eigenvalue weighted by Crippen LogP contribution is 2.13. The Morgan fingerprint density at radius 3 is 3.06 bits per heavy atom. The molecule has 2 N–H and O–H groups in total. The first-order chi connectivity index (χ1) is 8.28. The van der Waals surface area contributed by atoms with Crippen LogP contribution >= 0.6 is 0 Å². The Morgan fingerprint density at radius 2 is 2.29 bits per heavy atom. The number of hydrogen-bond acceptors (Lipinski definition) is 5. The third-order valence-corrected chi connectivity index (χ3v) is 2.23. The number of nitrogens with zero attached hydrogens (tertiary/aromatic N) is 2. The molecule has 0 aliphatic heterocycles. The second-order valence-corrected chi connectivity index (χ2v) is 3.75. The molecule has 0 unspecified atom stereocenters. The molecule has 0 radical (unpaired) electrons. The lowest BCUT2D eigenvalue weighted by molar-refractivity contribution is 0.242. The number of aryl methyl sites for hydroxylation is 1. The number of rotatable bonds is 5. The molecule has 0 aliphatic carbocycles. The first kappa shape index (κ1) is 11.6.